The quantitative estimate of drug-likeness (QED) is 0.436. The topological polar surface area (TPSA) is 47.3 Å². The molecule has 1 rings (SSSR count). The molecule has 14 heavy (non-hydrogen) atoms. The molecule has 0 aliphatic rings. The van der Waals surface area contributed by atoms with Crippen molar-refractivity contribution in [3.05, 3.63) is 42.2 Å². The van der Waals surface area contributed by atoms with Crippen molar-refractivity contribution in [2.45, 2.75) is 6.04 Å². The maximum absolute atomic E-state index is 13.3. The molecule has 0 amide bonds. The van der Waals surface area contributed by atoms with Crippen LogP contribution in [0.4, 0.5) is 4.39 Å². The van der Waals surface area contributed by atoms with Crippen LogP contribution >= 0.6 is 0 Å². The summed E-state index contributed by atoms with van der Waals surface area (Å²) in [4.78, 5) is 0. The Morgan fingerprint density at radius 1 is 1.64 bits per heavy atom. The number of nitrogens with one attached hydrogen (secondary N) is 1. The molecule has 76 valence electrons. The van der Waals surface area contributed by atoms with Gasteiger partial charge in [0.1, 0.15) is 0 Å². The fraction of sp³-hybridized carbons (Fsp3) is 0.200. The molecule has 0 saturated heterocycles. The third-order valence-corrected chi connectivity index (χ3v) is 1.95. The number of benzene rings is 1. The number of hydrogen-bond acceptors (Lipinski definition) is 3. The summed E-state index contributed by atoms with van der Waals surface area (Å²) in [6.07, 6.45) is 1.60. The molecule has 3 N–H and O–H groups in total. The largest absolute Gasteiger partial charge is 0.494 e. The number of halogens is 1. The molecule has 1 atom stereocenters. The van der Waals surface area contributed by atoms with Gasteiger partial charge in [0.15, 0.2) is 11.6 Å². The highest BCUT2D eigenvalue weighted by atomic mass is 19.1. The number of hydrogen-bond donors (Lipinski definition) is 2. The van der Waals surface area contributed by atoms with E-state index in [0.717, 1.165) is 0 Å². The molecule has 0 radical (unpaired) electrons. The Balaban J connectivity index is 3.01. The van der Waals surface area contributed by atoms with E-state index in [1.54, 1.807) is 18.2 Å². The number of ether oxygens (including phenoxy) is 1. The zero-order chi connectivity index (χ0) is 10.6. The van der Waals surface area contributed by atoms with Crippen LogP contribution in [0.5, 0.6) is 5.75 Å². The van der Waals surface area contributed by atoms with Gasteiger partial charge in [-0.3, -0.25) is 5.84 Å². The smallest absolute Gasteiger partial charge is 0.165 e. The van der Waals surface area contributed by atoms with Crippen molar-refractivity contribution in [2.24, 2.45) is 5.84 Å². The van der Waals surface area contributed by atoms with Gasteiger partial charge in [0.05, 0.1) is 13.2 Å². The molecule has 1 aromatic rings. The Hall–Kier alpha value is -1.39. The molecule has 0 aliphatic carbocycles. The molecule has 0 saturated carbocycles. The van der Waals surface area contributed by atoms with E-state index in [0.29, 0.717) is 5.56 Å². The Kier molecular flexibility index (Phi) is 3.62. The number of nitrogens with two attached hydrogens (primary N) is 1. The van der Waals surface area contributed by atoms with Crippen molar-refractivity contribution in [2.75, 3.05) is 7.11 Å². The van der Waals surface area contributed by atoms with Gasteiger partial charge >= 0.3 is 0 Å². The van der Waals surface area contributed by atoms with E-state index in [9.17, 15) is 4.39 Å². The van der Waals surface area contributed by atoms with E-state index in [2.05, 4.69) is 12.0 Å². The lowest BCUT2D eigenvalue weighted by atomic mass is 10.1. The summed E-state index contributed by atoms with van der Waals surface area (Å²) in [6.45, 7) is 3.58. The fourth-order valence-electron chi connectivity index (χ4n) is 1.18. The summed E-state index contributed by atoms with van der Waals surface area (Å²) in [7, 11) is 1.42. The van der Waals surface area contributed by atoms with E-state index in [4.69, 9.17) is 10.6 Å². The first-order valence-corrected chi connectivity index (χ1v) is 4.15. The van der Waals surface area contributed by atoms with Crippen LogP contribution < -0.4 is 16.0 Å². The molecule has 0 heterocycles. The van der Waals surface area contributed by atoms with Gasteiger partial charge in [-0.15, -0.1) is 6.58 Å². The van der Waals surface area contributed by atoms with Gasteiger partial charge < -0.3 is 4.74 Å². The Labute approximate surface area is 82.3 Å². The summed E-state index contributed by atoms with van der Waals surface area (Å²) >= 11 is 0. The third-order valence-electron chi connectivity index (χ3n) is 1.95. The lowest BCUT2D eigenvalue weighted by Gasteiger charge is -2.12. The molecule has 1 aromatic carbocycles. The molecule has 1 unspecified atom stereocenters. The van der Waals surface area contributed by atoms with E-state index in [1.807, 2.05) is 0 Å². The van der Waals surface area contributed by atoms with Crippen LogP contribution in [0.1, 0.15) is 11.6 Å². The predicted molar refractivity (Wildman–Crippen MR) is 53.2 cm³/mol. The lowest BCUT2D eigenvalue weighted by molar-refractivity contribution is 0.386. The summed E-state index contributed by atoms with van der Waals surface area (Å²) in [6, 6.07) is 4.40. The number of methoxy groups -OCH3 is 1. The van der Waals surface area contributed by atoms with Gasteiger partial charge in [-0.25, -0.2) is 9.82 Å². The minimum absolute atomic E-state index is 0.216. The van der Waals surface area contributed by atoms with Crippen molar-refractivity contribution < 1.29 is 9.13 Å². The van der Waals surface area contributed by atoms with Crippen LogP contribution in [0.25, 0.3) is 0 Å². The van der Waals surface area contributed by atoms with Crippen LogP contribution in [0.3, 0.4) is 0 Å². The number of rotatable bonds is 4. The normalized spacial score (nSPS) is 12.2. The molecule has 0 fully saturated rings. The van der Waals surface area contributed by atoms with Crippen molar-refractivity contribution in [1.82, 2.24) is 5.43 Å². The minimum Gasteiger partial charge on any atom is -0.494 e. The Morgan fingerprint density at radius 2 is 2.36 bits per heavy atom. The first-order valence-electron chi connectivity index (χ1n) is 4.15. The second-order valence-corrected chi connectivity index (χ2v) is 2.77. The first kappa shape index (κ1) is 10.7. The van der Waals surface area contributed by atoms with Gasteiger partial charge in [0.25, 0.3) is 0 Å². The average molecular weight is 196 g/mol. The van der Waals surface area contributed by atoms with Gasteiger partial charge in [0, 0.05) is 0 Å². The summed E-state index contributed by atoms with van der Waals surface area (Å²) in [5.41, 5.74) is 3.22. The highest BCUT2D eigenvalue weighted by molar-refractivity contribution is 5.32. The van der Waals surface area contributed by atoms with Crippen molar-refractivity contribution in [1.29, 1.82) is 0 Å². The van der Waals surface area contributed by atoms with Crippen molar-refractivity contribution in [3.8, 4) is 5.75 Å². The van der Waals surface area contributed by atoms with E-state index >= 15 is 0 Å². The second-order valence-electron chi connectivity index (χ2n) is 2.77. The van der Waals surface area contributed by atoms with E-state index < -0.39 is 5.82 Å². The van der Waals surface area contributed by atoms with Crippen LogP contribution in [0, 0.1) is 5.82 Å². The SMILES string of the molecule is C=CC(NN)c1ccc(OC)c(F)c1. The Morgan fingerprint density at radius 3 is 2.79 bits per heavy atom. The van der Waals surface area contributed by atoms with Crippen LogP contribution in [0.2, 0.25) is 0 Å². The zero-order valence-electron chi connectivity index (χ0n) is 7.96. The molecular formula is C10H13FN2O. The van der Waals surface area contributed by atoms with Gasteiger partial charge in [-0.05, 0) is 17.7 Å². The monoisotopic (exact) mass is 196 g/mol. The van der Waals surface area contributed by atoms with Crippen molar-refractivity contribution in [3.63, 3.8) is 0 Å². The van der Waals surface area contributed by atoms with Gasteiger partial charge in [-0.1, -0.05) is 12.1 Å². The summed E-state index contributed by atoms with van der Waals surface area (Å²) in [5, 5.41) is 0. The maximum Gasteiger partial charge on any atom is 0.165 e. The third kappa shape index (κ3) is 2.10. The van der Waals surface area contributed by atoms with E-state index in [1.165, 1.54) is 13.2 Å². The number of hydrazine groups is 1. The van der Waals surface area contributed by atoms with Crippen LogP contribution in [0.15, 0.2) is 30.9 Å². The molecular weight excluding hydrogens is 183 g/mol. The standard InChI is InChI=1S/C10H13FN2O/c1-3-9(13-12)7-4-5-10(14-2)8(11)6-7/h3-6,9,13H,1,12H2,2H3. The van der Waals surface area contributed by atoms with Crippen molar-refractivity contribution >= 4 is 0 Å². The van der Waals surface area contributed by atoms with Gasteiger partial charge in [0.2, 0.25) is 0 Å². The van der Waals surface area contributed by atoms with E-state index in [-0.39, 0.29) is 11.8 Å². The second kappa shape index (κ2) is 4.74. The summed E-state index contributed by atoms with van der Waals surface area (Å²) in [5.74, 6) is 5.07. The lowest BCUT2D eigenvalue weighted by Crippen LogP contribution is -2.26. The molecule has 0 bridgehead atoms. The Bertz CT molecular complexity index is 328. The maximum atomic E-state index is 13.3. The van der Waals surface area contributed by atoms with Gasteiger partial charge in [-0.2, -0.15) is 0 Å². The molecule has 4 heteroatoms. The molecule has 3 nitrogen and oxygen atoms in total. The first-order chi connectivity index (χ1) is 6.72. The van der Waals surface area contributed by atoms with Crippen LogP contribution in [-0.4, -0.2) is 7.11 Å². The highest BCUT2D eigenvalue weighted by Gasteiger charge is 2.08. The zero-order valence-corrected chi connectivity index (χ0v) is 7.96. The summed E-state index contributed by atoms with van der Waals surface area (Å²) < 4.78 is 18.1. The molecule has 0 aliphatic heterocycles. The fourth-order valence-corrected chi connectivity index (χ4v) is 1.18. The molecule has 0 spiro atoms. The minimum atomic E-state index is -0.410. The average Bonchev–Trinajstić information content (AvgIpc) is 2.20. The molecule has 0 aromatic heterocycles. The highest BCUT2D eigenvalue weighted by Crippen LogP contribution is 2.21. The van der Waals surface area contributed by atoms with Crippen LogP contribution in [-0.2, 0) is 0 Å². The predicted octanol–water partition coefficient (Wildman–Crippen LogP) is 1.52.